The zero-order valence-corrected chi connectivity index (χ0v) is 26.4. The van der Waals surface area contributed by atoms with E-state index in [1.807, 2.05) is 0 Å². The van der Waals surface area contributed by atoms with Gasteiger partial charge >= 0.3 is 12.0 Å². The third-order valence-corrected chi connectivity index (χ3v) is 7.12. The van der Waals surface area contributed by atoms with Crippen molar-refractivity contribution in [2.45, 2.75) is 130 Å². The second kappa shape index (κ2) is 24.8. The molecule has 1 rings (SSSR count). The van der Waals surface area contributed by atoms with E-state index in [-0.39, 0.29) is 17.5 Å². The number of rotatable bonds is 26. The molecule has 2 amide bonds. The topological polar surface area (TPSA) is 139 Å². The number of unbranched alkanes of at least 4 members (excludes halogenated alkanes) is 9. The molecule has 3 N–H and O–H groups in total. The van der Waals surface area contributed by atoms with Crippen LogP contribution in [0.2, 0.25) is 0 Å². The summed E-state index contributed by atoms with van der Waals surface area (Å²) in [5.74, 6) is 0.877. The van der Waals surface area contributed by atoms with Gasteiger partial charge in [0.05, 0.1) is 6.61 Å². The number of hydrogen-bond acceptors (Lipinski definition) is 7. The van der Waals surface area contributed by atoms with Gasteiger partial charge < -0.3 is 14.8 Å². The lowest BCUT2D eigenvalue weighted by atomic mass is 10.0. The van der Waals surface area contributed by atoms with Crippen LogP contribution in [0.25, 0.3) is 0 Å². The van der Waals surface area contributed by atoms with Crippen LogP contribution in [0.4, 0.5) is 10.7 Å². The van der Waals surface area contributed by atoms with Crippen LogP contribution in [0.15, 0.2) is 10.9 Å². The highest BCUT2D eigenvalue weighted by molar-refractivity contribution is 5.87. The Labute approximate surface area is 252 Å². The predicted molar refractivity (Wildman–Crippen MR) is 167 cm³/mol. The van der Waals surface area contributed by atoms with Gasteiger partial charge in [0.2, 0.25) is 5.95 Å². The zero-order chi connectivity index (χ0) is 30.8. The standard InChI is InChI=1S/C32H56N4O6/c1-4-5-23-42-30(39)19-18-26(2)20-24-41-22-15-11-7-9-13-17-28(37)16-12-8-6-10-14-21-33-32(40)36-31-34-27(3)25-29(38)35-31/h25-26H,4-24H2,1-3H3,(H3,33,34,35,36,38,40). The van der Waals surface area contributed by atoms with E-state index >= 15 is 0 Å². The molecular weight excluding hydrogens is 536 g/mol. The van der Waals surface area contributed by atoms with Gasteiger partial charge in [-0.05, 0) is 57.8 Å². The van der Waals surface area contributed by atoms with E-state index in [2.05, 4.69) is 34.4 Å². The number of esters is 1. The van der Waals surface area contributed by atoms with Gasteiger partial charge in [-0.2, -0.15) is 0 Å². The number of carbonyl (C=O) groups is 3. The minimum atomic E-state index is -0.390. The van der Waals surface area contributed by atoms with E-state index < -0.39 is 6.03 Å². The first-order valence-electron chi connectivity index (χ1n) is 16.2. The number of anilines is 1. The maximum atomic E-state index is 12.1. The molecule has 0 bridgehead atoms. The number of amides is 2. The molecule has 0 fully saturated rings. The van der Waals surface area contributed by atoms with E-state index in [0.717, 1.165) is 103 Å². The van der Waals surface area contributed by atoms with Gasteiger partial charge in [0.15, 0.2) is 0 Å². The molecule has 42 heavy (non-hydrogen) atoms. The van der Waals surface area contributed by atoms with Crippen molar-refractivity contribution in [1.29, 1.82) is 0 Å². The highest BCUT2D eigenvalue weighted by Crippen LogP contribution is 2.13. The van der Waals surface area contributed by atoms with Crippen LogP contribution in [0.1, 0.15) is 129 Å². The molecule has 1 aromatic heterocycles. The fourth-order valence-electron chi connectivity index (χ4n) is 4.45. The Kier molecular flexibility index (Phi) is 22.0. The number of nitrogens with zero attached hydrogens (tertiary/aromatic N) is 1. The van der Waals surface area contributed by atoms with Gasteiger partial charge in [0.25, 0.3) is 5.56 Å². The van der Waals surface area contributed by atoms with Crippen LogP contribution in [-0.4, -0.2) is 54.1 Å². The lowest BCUT2D eigenvalue weighted by molar-refractivity contribution is -0.144. The van der Waals surface area contributed by atoms with Crippen LogP contribution in [0.5, 0.6) is 0 Å². The minimum absolute atomic E-state index is 0.0854. The van der Waals surface area contributed by atoms with E-state index in [4.69, 9.17) is 9.47 Å². The molecule has 1 unspecified atom stereocenters. The second-order valence-electron chi connectivity index (χ2n) is 11.3. The van der Waals surface area contributed by atoms with Crippen molar-refractivity contribution < 1.29 is 23.9 Å². The van der Waals surface area contributed by atoms with Crippen LogP contribution in [-0.2, 0) is 19.1 Å². The highest BCUT2D eigenvalue weighted by Gasteiger charge is 2.08. The first kappa shape index (κ1) is 37.3. The Morgan fingerprint density at radius 2 is 1.52 bits per heavy atom. The van der Waals surface area contributed by atoms with Crippen molar-refractivity contribution in [1.82, 2.24) is 15.3 Å². The number of aryl methyl sites for hydroxylation is 1. The SMILES string of the molecule is CCCCOC(=O)CCC(C)CCOCCCCCCCC(=O)CCCCCCCNC(=O)Nc1nc(C)cc(=O)[nH]1. The minimum Gasteiger partial charge on any atom is -0.466 e. The Morgan fingerprint density at radius 1 is 0.857 bits per heavy atom. The molecule has 0 aliphatic rings. The average Bonchev–Trinajstić information content (AvgIpc) is 2.93. The summed E-state index contributed by atoms with van der Waals surface area (Å²) < 4.78 is 11.0. The molecular formula is C32H56N4O6. The molecule has 0 aliphatic heterocycles. The Hall–Kier alpha value is -2.75. The number of carbonyl (C=O) groups excluding carboxylic acids is 3. The number of hydrogen-bond donors (Lipinski definition) is 3. The lowest BCUT2D eigenvalue weighted by Crippen LogP contribution is -2.31. The van der Waals surface area contributed by atoms with Crippen LogP contribution >= 0.6 is 0 Å². The Morgan fingerprint density at radius 3 is 2.21 bits per heavy atom. The molecule has 0 aliphatic carbocycles. The average molecular weight is 593 g/mol. The number of H-pyrrole nitrogens is 1. The van der Waals surface area contributed by atoms with Crippen LogP contribution in [0, 0.1) is 12.8 Å². The van der Waals surface area contributed by atoms with E-state index in [1.165, 1.54) is 6.07 Å². The Balaban J connectivity index is 1.84. The number of ketones is 1. The summed E-state index contributed by atoms with van der Waals surface area (Å²) >= 11 is 0. The van der Waals surface area contributed by atoms with Gasteiger partial charge in [0.1, 0.15) is 5.78 Å². The quantitative estimate of drug-likeness (QED) is 0.0811. The number of nitrogens with one attached hydrogen (secondary N) is 3. The maximum absolute atomic E-state index is 12.1. The van der Waals surface area contributed by atoms with Crippen LogP contribution < -0.4 is 16.2 Å². The number of urea groups is 1. The van der Waals surface area contributed by atoms with Crippen molar-refractivity contribution in [3.8, 4) is 0 Å². The van der Waals surface area contributed by atoms with Crippen molar-refractivity contribution in [3.63, 3.8) is 0 Å². The third kappa shape index (κ3) is 21.9. The van der Waals surface area contributed by atoms with E-state index in [0.29, 0.717) is 49.8 Å². The summed E-state index contributed by atoms with van der Waals surface area (Å²) in [6, 6.07) is 0.972. The summed E-state index contributed by atoms with van der Waals surface area (Å²) in [6.07, 6.45) is 15.9. The summed E-state index contributed by atoms with van der Waals surface area (Å²) in [6.45, 7) is 8.54. The molecule has 0 radical (unpaired) electrons. The van der Waals surface area contributed by atoms with E-state index in [1.54, 1.807) is 6.92 Å². The smallest absolute Gasteiger partial charge is 0.321 e. The molecule has 10 nitrogen and oxygen atoms in total. The third-order valence-electron chi connectivity index (χ3n) is 7.12. The van der Waals surface area contributed by atoms with Gasteiger partial charge in [-0.3, -0.25) is 24.7 Å². The number of aromatic amines is 1. The predicted octanol–water partition coefficient (Wildman–Crippen LogP) is 6.62. The molecule has 1 heterocycles. The zero-order valence-electron chi connectivity index (χ0n) is 26.4. The normalized spacial score (nSPS) is 11.7. The maximum Gasteiger partial charge on any atom is 0.321 e. The number of aromatic nitrogens is 2. The highest BCUT2D eigenvalue weighted by atomic mass is 16.5. The fourth-order valence-corrected chi connectivity index (χ4v) is 4.45. The van der Waals surface area contributed by atoms with Crippen molar-refractivity contribution in [2.24, 2.45) is 5.92 Å². The monoisotopic (exact) mass is 592 g/mol. The fraction of sp³-hybridized carbons (Fsp3) is 0.781. The summed E-state index contributed by atoms with van der Waals surface area (Å²) in [5.41, 5.74) is 0.237. The first-order chi connectivity index (χ1) is 20.3. The molecule has 0 saturated heterocycles. The molecule has 0 spiro atoms. The molecule has 1 atom stereocenters. The summed E-state index contributed by atoms with van der Waals surface area (Å²) in [5, 5.41) is 5.29. The van der Waals surface area contributed by atoms with Gasteiger partial charge in [-0.1, -0.05) is 58.8 Å². The first-order valence-corrected chi connectivity index (χ1v) is 16.2. The van der Waals surface area contributed by atoms with Gasteiger partial charge in [-0.15, -0.1) is 0 Å². The van der Waals surface area contributed by atoms with Crippen molar-refractivity contribution in [2.75, 3.05) is 31.7 Å². The lowest BCUT2D eigenvalue weighted by Gasteiger charge is -2.11. The molecule has 1 aromatic rings. The molecule has 240 valence electrons. The van der Waals surface area contributed by atoms with Crippen molar-refractivity contribution >= 4 is 23.7 Å². The Bertz CT molecular complexity index is 936. The second-order valence-corrected chi connectivity index (χ2v) is 11.3. The molecule has 0 saturated carbocycles. The van der Waals surface area contributed by atoms with E-state index in [9.17, 15) is 19.2 Å². The number of Topliss-reactive ketones (excluding diaryl/α,β-unsaturated/α-hetero) is 1. The molecule has 0 aromatic carbocycles. The van der Waals surface area contributed by atoms with Crippen LogP contribution in [0.3, 0.4) is 0 Å². The van der Waals surface area contributed by atoms with Gasteiger partial charge in [-0.25, -0.2) is 9.78 Å². The summed E-state index contributed by atoms with van der Waals surface area (Å²) in [4.78, 5) is 53.6. The number of ether oxygens (including phenoxy) is 2. The van der Waals surface area contributed by atoms with Gasteiger partial charge in [0, 0.05) is 50.8 Å². The summed E-state index contributed by atoms with van der Waals surface area (Å²) in [7, 11) is 0. The van der Waals surface area contributed by atoms with Crippen molar-refractivity contribution in [3.05, 3.63) is 22.1 Å². The largest absolute Gasteiger partial charge is 0.466 e. The molecule has 10 heteroatoms.